The molecular weight excluding hydrogens is 278 g/mol. The largest absolute Gasteiger partial charge is 0.198 e. The second-order valence-electron chi connectivity index (χ2n) is 8.57. The van der Waals surface area contributed by atoms with Crippen molar-refractivity contribution in [1.29, 1.82) is 5.26 Å². The fourth-order valence-corrected chi connectivity index (χ4v) is 5.25. The van der Waals surface area contributed by atoms with Gasteiger partial charge in [0.05, 0.1) is 6.07 Å². The van der Waals surface area contributed by atoms with Crippen LogP contribution in [0.4, 0.5) is 0 Å². The predicted octanol–water partition coefficient (Wildman–Crippen LogP) is 7.12. The molecule has 0 amide bonds. The average molecular weight is 318 g/mol. The SMILES string of the molecule is CCCC[C@H]1CC[C@H](CC(C#N)[C@H]2CC[C@H](CCC)CC2)CC1. The van der Waals surface area contributed by atoms with Crippen LogP contribution in [-0.2, 0) is 0 Å². The second-order valence-corrected chi connectivity index (χ2v) is 8.57. The molecular formula is C22H39N. The summed E-state index contributed by atoms with van der Waals surface area (Å²) in [5.41, 5.74) is 0. The summed E-state index contributed by atoms with van der Waals surface area (Å²) < 4.78 is 0. The van der Waals surface area contributed by atoms with E-state index in [1.165, 1.54) is 89.9 Å². The molecule has 1 atom stereocenters. The van der Waals surface area contributed by atoms with Crippen LogP contribution in [0.2, 0.25) is 0 Å². The molecule has 23 heavy (non-hydrogen) atoms. The van der Waals surface area contributed by atoms with Gasteiger partial charge in [-0.3, -0.25) is 0 Å². The number of hydrogen-bond donors (Lipinski definition) is 0. The monoisotopic (exact) mass is 317 g/mol. The number of nitriles is 1. The van der Waals surface area contributed by atoms with Crippen LogP contribution in [0.3, 0.4) is 0 Å². The van der Waals surface area contributed by atoms with E-state index in [9.17, 15) is 5.26 Å². The van der Waals surface area contributed by atoms with Crippen molar-refractivity contribution in [3.63, 3.8) is 0 Å². The first-order chi connectivity index (χ1) is 11.3. The Morgan fingerprint density at radius 3 is 1.91 bits per heavy atom. The zero-order valence-corrected chi connectivity index (χ0v) is 15.7. The van der Waals surface area contributed by atoms with E-state index in [2.05, 4.69) is 19.9 Å². The quantitative estimate of drug-likeness (QED) is 0.467. The highest BCUT2D eigenvalue weighted by atomic mass is 14.4. The van der Waals surface area contributed by atoms with Crippen LogP contribution in [0.1, 0.15) is 104 Å². The van der Waals surface area contributed by atoms with Gasteiger partial charge in [-0.1, -0.05) is 84.5 Å². The molecule has 0 radical (unpaired) electrons. The number of nitrogens with zero attached hydrogens (tertiary/aromatic N) is 1. The van der Waals surface area contributed by atoms with Crippen molar-refractivity contribution in [2.75, 3.05) is 0 Å². The van der Waals surface area contributed by atoms with E-state index in [-0.39, 0.29) is 0 Å². The van der Waals surface area contributed by atoms with Gasteiger partial charge in [0.2, 0.25) is 0 Å². The standard InChI is InChI=1S/C22H39N/c1-3-5-7-19-8-10-20(11-9-19)16-22(17-23)21-14-12-18(6-4-2)13-15-21/h18-22H,3-16H2,1-2H3/t18-,19-,20-,21-,22?. The maximum absolute atomic E-state index is 9.70. The van der Waals surface area contributed by atoms with Gasteiger partial charge in [-0.25, -0.2) is 0 Å². The lowest BCUT2D eigenvalue weighted by molar-refractivity contribution is 0.178. The van der Waals surface area contributed by atoms with Gasteiger partial charge in [-0.15, -0.1) is 0 Å². The summed E-state index contributed by atoms with van der Waals surface area (Å²) in [6.07, 6.45) is 19.3. The van der Waals surface area contributed by atoms with Crippen LogP contribution >= 0.6 is 0 Å². The Bertz CT molecular complexity index is 339. The number of unbranched alkanes of at least 4 members (excludes halogenated alkanes) is 1. The van der Waals surface area contributed by atoms with Crippen LogP contribution in [-0.4, -0.2) is 0 Å². The third-order valence-electron chi connectivity index (χ3n) is 6.84. The molecule has 1 nitrogen and oxygen atoms in total. The lowest BCUT2D eigenvalue weighted by Crippen LogP contribution is -2.24. The number of rotatable bonds is 8. The lowest BCUT2D eigenvalue weighted by atomic mass is 9.70. The third-order valence-corrected chi connectivity index (χ3v) is 6.84. The molecule has 1 heteroatoms. The van der Waals surface area contributed by atoms with Gasteiger partial charge >= 0.3 is 0 Å². The average Bonchev–Trinajstić information content (AvgIpc) is 2.60. The van der Waals surface area contributed by atoms with Gasteiger partial charge in [0.15, 0.2) is 0 Å². The Morgan fingerprint density at radius 1 is 0.783 bits per heavy atom. The minimum Gasteiger partial charge on any atom is -0.198 e. The van der Waals surface area contributed by atoms with Crippen molar-refractivity contribution in [1.82, 2.24) is 0 Å². The highest BCUT2D eigenvalue weighted by molar-refractivity contribution is 4.92. The van der Waals surface area contributed by atoms with Crippen molar-refractivity contribution in [2.24, 2.45) is 29.6 Å². The maximum atomic E-state index is 9.70. The van der Waals surface area contributed by atoms with E-state index in [1.807, 2.05) is 0 Å². The molecule has 0 aliphatic heterocycles. The highest BCUT2D eigenvalue weighted by Crippen LogP contribution is 2.41. The molecule has 1 unspecified atom stereocenters. The molecule has 2 aliphatic carbocycles. The summed E-state index contributed by atoms with van der Waals surface area (Å²) in [7, 11) is 0. The molecule has 0 spiro atoms. The van der Waals surface area contributed by atoms with E-state index in [4.69, 9.17) is 0 Å². The summed E-state index contributed by atoms with van der Waals surface area (Å²) in [6.45, 7) is 4.61. The van der Waals surface area contributed by atoms with Crippen LogP contribution in [0.5, 0.6) is 0 Å². The molecule has 2 saturated carbocycles. The lowest BCUT2D eigenvalue weighted by Gasteiger charge is -2.34. The smallest absolute Gasteiger partial charge is 0.0658 e. The predicted molar refractivity (Wildman–Crippen MR) is 99.0 cm³/mol. The second kappa shape index (κ2) is 10.4. The van der Waals surface area contributed by atoms with Crippen LogP contribution < -0.4 is 0 Å². The fraction of sp³-hybridized carbons (Fsp3) is 0.955. The molecule has 0 N–H and O–H groups in total. The minimum absolute atomic E-state index is 0.356. The first-order valence-corrected chi connectivity index (χ1v) is 10.7. The summed E-state index contributed by atoms with van der Waals surface area (Å²) in [5, 5.41) is 9.70. The Morgan fingerprint density at radius 2 is 1.35 bits per heavy atom. The minimum atomic E-state index is 0.356. The van der Waals surface area contributed by atoms with Crippen LogP contribution in [0.25, 0.3) is 0 Å². The van der Waals surface area contributed by atoms with E-state index in [0.29, 0.717) is 11.8 Å². The van der Waals surface area contributed by atoms with Crippen molar-refractivity contribution in [3.8, 4) is 6.07 Å². The zero-order chi connectivity index (χ0) is 16.5. The van der Waals surface area contributed by atoms with Gasteiger partial charge < -0.3 is 0 Å². The van der Waals surface area contributed by atoms with Crippen molar-refractivity contribution in [3.05, 3.63) is 0 Å². The van der Waals surface area contributed by atoms with E-state index >= 15 is 0 Å². The highest BCUT2D eigenvalue weighted by Gasteiger charge is 2.30. The topological polar surface area (TPSA) is 23.8 Å². The summed E-state index contributed by atoms with van der Waals surface area (Å²) in [4.78, 5) is 0. The van der Waals surface area contributed by atoms with E-state index in [0.717, 1.165) is 17.8 Å². The van der Waals surface area contributed by atoms with Crippen molar-refractivity contribution >= 4 is 0 Å². The maximum Gasteiger partial charge on any atom is 0.0658 e. The Balaban J connectivity index is 1.70. The van der Waals surface area contributed by atoms with Gasteiger partial charge in [0.25, 0.3) is 0 Å². The van der Waals surface area contributed by atoms with E-state index in [1.54, 1.807) is 0 Å². The molecule has 132 valence electrons. The molecule has 0 aromatic carbocycles. The molecule has 0 aromatic rings. The Hall–Kier alpha value is -0.510. The fourth-order valence-electron chi connectivity index (χ4n) is 5.25. The molecule has 2 fully saturated rings. The van der Waals surface area contributed by atoms with Crippen LogP contribution in [0.15, 0.2) is 0 Å². The summed E-state index contributed by atoms with van der Waals surface area (Å²) >= 11 is 0. The van der Waals surface area contributed by atoms with Crippen molar-refractivity contribution in [2.45, 2.75) is 104 Å². The summed E-state index contributed by atoms with van der Waals surface area (Å²) in [6, 6.07) is 2.71. The number of hydrogen-bond acceptors (Lipinski definition) is 1. The first kappa shape index (κ1) is 18.8. The molecule has 0 saturated heterocycles. The first-order valence-electron chi connectivity index (χ1n) is 10.7. The summed E-state index contributed by atoms with van der Waals surface area (Å²) in [5.74, 6) is 3.88. The normalized spacial score (nSPS) is 33.1. The van der Waals surface area contributed by atoms with Gasteiger partial charge in [0, 0.05) is 5.92 Å². The van der Waals surface area contributed by atoms with E-state index < -0.39 is 0 Å². The Labute approximate surface area is 145 Å². The molecule has 2 aliphatic rings. The van der Waals surface area contributed by atoms with Crippen LogP contribution in [0, 0.1) is 40.9 Å². The Kier molecular flexibility index (Phi) is 8.49. The zero-order valence-electron chi connectivity index (χ0n) is 15.7. The molecule has 0 aromatic heterocycles. The molecule has 2 rings (SSSR count). The third kappa shape index (κ3) is 6.13. The molecule has 0 bridgehead atoms. The van der Waals surface area contributed by atoms with Gasteiger partial charge in [-0.05, 0) is 42.9 Å². The van der Waals surface area contributed by atoms with Gasteiger partial charge in [-0.2, -0.15) is 5.26 Å². The van der Waals surface area contributed by atoms with Crippen molar-refractivity contribution < 1.29 is 0 Å². The molecule has 0 heterocycles. The van der Waals surface area contributed by atoms with Gasteiger partial charge in [0.1, 0.15) is 0 Å².